The van der Waals surface area contributed by atoms with Crippen molar-refractivity contribution < 1.29 is 24.5 Å². The summed E-state index contributed by atoms with van der Waals surface area (Å²) in [5.41, 5.74) is 1.58. The van der Waals surface area contributed by atoms with E-state index in [1.165, 1.54) is 20.3 Å². The van der Waals surface area contributed by atoms with Gasteiger partial charge < -0.3 is 25.0 Å². The Morgan fingerprint density at radius 1 is 1.12 bits per heavy atom. The number of methoxy groups -OCH3 is 2. The molecule has 0 saturated heterocycles. The van der Waals surface area contributed by atoms with Gasteiger partial charge in [-0.05, 0) is 36.8 Å². The Labute approximate surface area is 140 Å². The van der Waals surface area contributed by atoms with E-state index in [9.17, 15) is 15.0 Å². The number of nitrogens with one attached hydrogen (secondary N) is 1. The maximum Gasteiger partial charge on any atom is 0.255 e. The molecule has 0 heterocycles. The van der Waals surface area contributed by atoms with Crippen molar-refractivity contribution in [3.05, 3.63) is 53.1 Å². The second-order valence-corrected chi connectivity index (χ2v) is 5.39. The number of amides is 1. The quantitative estimate of drug-likeness (QED) is 0.755. The van der Waals surface area contributed by atoms with Crippen molar-refractivity contribution in [3.63, 3.8) is 0 Å². The molecule has 128 valence electrons. The highest BCUT2D eigenvalue weighted by Gasteiger charge is 2.15. The van der Waals surface area contributed by atoms with Gasteiger partial charge in [-0.1, -0.05) is 11.6 Å². The van der Waals surface area contributed by atoms with Crippen molar-refractivity contribution >= 4 is 5.91 Å². The zero-order chi connectivity index (χ0) is 17.7. The third kappa shape index (κ3) is 4.17. The average Bonchev–Trinajstić information content (AvgIpc) is 2.60. The smallest absolute Gasteiger partial charge is 0.255 e. The van der Waals surface area contributed by atoms with Crippen LogP contribution in [0.5, 0.6) is 17.2 Å². The lowest BCUT2D eigenvalue weighted by molar-refractivity contribution is 0.0913. The molecule has 0 aliphatic heterocycles. The minimum absolute atomic E-state index is 0.0114. The van der Waals surface area contributed by atoms with Crippen molar-refractivity contribution in [1.82, 2.24) is 5.32 Å². The predicted octanol–water partition coefficient (Wildman–Crippen LogP) is 2.18. The SMILES string of the molecule is COc1cc(OC)cc([C@H](O)CNC(=O)c2cc(C)ccc2O)c1. The first-order valence-electron chi connectivity index (χ1n) is 7.43. The van der Waals surface area contributed by atoms with Gasteiger partial charge in [-0.2, -0.15) is 0 Å². The van der Waals surface area contributed by atoms with E-state index in [0.29, 0.717) is 17.1 Å². The molecule has 0 aliphatic carbocycles. The molecule has 0 aromatic heterocycles. The first-order valence-corrected chi connectivity index (χ1v) is 7.43. The number of carbonyl (C=O) groups is 1. The summed E-state index contributed by atoms with van der Waals surface area (Å²) < 4.78 is 10.3. The van der Waals surface area contributed by atoms with Crippen LogP contribution in [-0.2, 0) is 0 Å². The summed E-state index contributed by atoms with van der Waals surface area (Å²) in [6, 6.07) is 9.80. The minimum atomic E-state index is -0.940. The number of carbonyl (C=O) groups excluding carboxylic acids is 1. The highest BCUT2D eigenvalue weighted by atomic mass is 16.5. The van der Waals surface area contributed by atoms with Crippen LogP contribution in [0.4, 0.5) is 0 Å². The van der Waals surface area contributed by atoms with Crippen LogP contribution in [0, 0.1) is 6.92 Å². The fourth-order valence-corrected chi connectivity index (χ4v) is 2.26. The number of ether oxygens (including phenoxy) is 2. The van der Waals surface area contributed by atoms with Gasteiger partial charge in [0.25, 0.3) is 5.91 Å². The maximum atomic E-state index is 12.2. The molecule has 0 saturated carbocycles. The van der Waals surface area contributed by atoms with Crippen molar-refractivity contribution in [2.45, 2.75) is 13.0 Å². The first-order chi connectivity index (χ1) is 11.4. The molecule has 0 radical (unpaired) electrons. The third-order valence-electron chi connectivity index (χ3n) is 3.61. The number of aliphatic hydroxyl groups excluding tert-OH is 1. The molecule has 6 heteroatoms. The summed E-state index contributed by atoms with van der Waals surface area (Å²) >= 11 is 0. The molecular weight excluding hydrogens is 310 g/mol. The normalized spacial score (nSPS) is 11.7. The van der Waals surface area contributed by atoms with E-state index in [4.69, 9.17) is 9.47 Å². The topological polar surface area (TPSA) is 88.0 Å². The lowest BCUT2D eigenvalue weighted by atomic mass is 10.1. The van der Waals surface area contributed by atoms with E-state index in [1.54, 1.807) is 30.3 Å². The zero-order valence-electron chi connectivity index (χ0n) is 13.9. The predicted molar refractivity (Wildman–Crippen MR) is 89.7 cm³/mol. The van der Waals surface area contributed by atoms with Gasteiger partial charge in [-0.15, -0.1) is 0 Å². The van der Waals surface area contributed by atoms with Crippen LogP contribution in [0.25, 0.3) is 0 Å². The van der Waals surface area contributed by atoms with Gasteiger partial charge in [0.2, 0.25) is 0 Å². The molecule has 0 spiro atoms. The minimum Gasteiger partial charge on any atom is -0.507 e. The van der Waals surface area contributed by atoms with Gasteiger partial charge in [0.1, 0.15) is 17.2 Å². The Kier molecular flexibility index (Phi) is 5.65. The maximum absolute atomic E-state index is 12.2. The number of phenolic OH excluding ortho intramolecular Hbond substituents is 1. The molecule has 6 nitrogen and oxygen atoms in total. The second-order valence-electron chi connectivity index (χ2n) is 5.39. The second kappa shape index (κ2) is 7.70. The van der Waals surface area contributed by atoms with Crippen LogP contribution in [0.3, 0.4) is 0 Å². The number of hydrogen-bond acceptors (Lipinski definition) is 5. The molecule has 0 aliphatic rings. The van der Waals surface area contributed by atoms with E-state index in [1.807, 2.05) is 6.92 Å². The van der Waals surface area contributed by atoms with Crippen LogP contribution >= 0.6 is 0 Å². The number of benzene rings is 2. The van der Waals surface area contributed by atoms with Gasteiger partial charge in [0.15, 0.2) is 0 Å². The van der Waals surface area contributed by atoms with Gasteiger partial charge in [-0.3, -0.25) is 4.79 Å². The number of rotatable bonds is 6. The lowest BCUT2D eigenvalue weighted by Gasteiger charge is -2.15. The molecule has 0 unspecified atom stereocenters. The van der Waals surface area contributed by atoms with E-state index < -0.39 is 12.0 Å². The molecule has 2 aromatic rings. The number of aliphatic hydroxyl groups is 1. The van der Waals surface area contributed by atoms with E-state index in [0.717, 1.165) is 5.56 Å². The van der Waals surface area contributed by atoms with E-state index in [-0.39, 0.29) is 17.9 Å². The molecular formula is C18H21NO5. The van der Waals surface area contributed by atoms with E-state index in [2.05, 4.69) is 5.32 Å². The van der Waals surface area contributed by atoms with Gasteiger partial charge in [0.05, 0.1) is 25.9 Å². The summed E-state index contributed by atoms with van der Waals surface area (Å²) in [5, 5.41) is 22.7. The highest BCUT2D eigenvalue weighted by Crippen LogP contribution is 2.26. The fraction of sp³-hybridized carbons (Fsp3) is 0.278. The Bertz CT molecular complexity index is 707. The number of aryl methyl sites for hydroxylation is 1. The molecule has 1 amide bonds. The molecule has 3 N–H and O–H groups in total. The van der Waals surface area contributed by atoms with Crippen LogP contribution in [0.2, 0.25) is 0 Å². The molecule has 0 bridgehead atoms. The van der Waals surface area contributed by atoms with Crippen molar-refractivity contribution in [2.75, 3.05) is 20.8 Å². The fourth-order valence-electron chi connectivity index (χ4n) is 2.26. The van der Waals surface area contributed by atoms with Gasteiger partial charge >= 0.3 is 0 Å². The summed E-state index contributed by atoms with van der Waals surface area (Å²) in [7, 11) is 3.04. The Hall–Kier alpha value is -2.73. The Morgan fingerprint density at radius 2 is 1.75 bits per heavy atom. The van der Waals surface area contributed by atoms with Gasteiger partial charge in [0, 0.05) is 12.6 Å². The largest absolute Gasteiger partial charge is 0.507 e. The van der Waals surface area contributed by atoms with Crippen LogP contribution < -0.4 is 14.8 Å². The third-order valence-corrected chi connectivity index (χ3v) is 3.61. The van der Waals surface area contributed by atoms with Gasteiger partial charge in [-0.25, -0.2) is 0 Å². The molecule has 0 fully saturated rings. The van der Waals surface area contributed by atoms with Crippen molar-refractivity contribution in [1.29, 1.82) is 0 Å². The molecule has 2 aromatic carbocycles. The number of phenols is 1. The standard InChI is InChI=1S/C18H21NO5/c1-11-4-5-16(20)15(6-11)18(22)19-10-17(21)12-7-13(23-2)9-14(8-12)24-3/h4-9,17,20-21H,10H2,1-3H3,(H,19,22)/t17-/m1/s1. The molecule has 2 rings (SSSR count). The Balaban J connectivity index is 2.08. The van der Waals surface area contributed by atoms with Crippen LogP contribution in [-0.4, -0.2) is 36.9 Å². The summed E-state index contributed by atoms with van der Waals surface area (Å²) in [6.45, 7) is 1.82. The molecule has 24 heavy (non-hydrogen) atoms. The summed E-state index contributed by atoms with van der Waals surface area (Å²) in [5.74, 6) is 0.540. The summed E-state index contributed by atoms with van der Waals surface area (Å²) in [4.78, 5) is 12.2. The number of hydrogen-bond donors (Lipinski definition) is 3. The van der Waals surface area contributed by atoms with Crippen molar-refractivity contribution in [3.8, 4) is 17.2 Å². The Morgan fingerprint density at radius 3 is 2.33 bits per heavy atom. The monoisotopic (exact) mass is 331 g/mol. The molecule has 1 atom stereocenters. The zero-order valence-corrected chi connectivity index (χ0v) is 13.9. The van der Waals surface area contributed by atoms with Crippen LogP contribution in [0.1, 0.15) is 27.6 Å². The average molecular weight is 331 g/mol. The number of aromatic hydroxyl groups is 1. The van der Waals surface area contributed by atoms with Crippen molar-refractivity contribution in [2.24, 2.45) is 0 Å². The summed E-state index contributed by atoms with van der Waals surface area (Å²) in [6.07, 6.45) is -0.940. The lowest BCUT2D eigenvalue weighted by Crippen LogP contribution is -2.28. The highest BCUT2D eigenvalue weighted by molar-refractivity contribution is 5.97. The van der Waals surface area contributed by atoms with Crippen LogP contribution in [0.15, 0.2) is 36.4 Å². The first kappa shape index (κ1) is 17.6. The van der Waals surface area contributed by atoms with E-state index >= 15 is 0 Å².